The zero-order chi connectivity index (χ0) is 23.4. The first-order valence-electron chi connectivity index (χ1n) is 9.53. The lowest BCUT2D eigenvalue weighted by Gasteiger charge is -2.10. The predicted molar refractivity (Wildman–Crippen MR) is 118 cm³/mol. The van der Waals surface area contributed by atoms with Crippen LogP contribution in [-0.2, 0) is 26.1 Å². The van der Waals surface area contributed by atoms with Gasteiger partial charge in [0.25, 0.3) is 15.9 Å². The van der Waals surface area contributed by atoms with E-state index in [1.165, 1.54) is 18.2 Å². The molecular formula is C21H18N2O8S2. The Bertz CT molecular complexity index is 1290. The second kappa shape index (κ2) is 9.38. The van der Waals surface area contributed by atoms with Crippen molar-refractivity contribution in [3.05, 3.63) is 65.0 Å². The van der Waals surface area contributed by atoms with Gasteiger partial charge in [-0.1, -0.05) is 12.1 Å². The number of phenolic OH excluding ortho intramolecular Hbond substituents is 1. The maximum Gasteiger partial charge on any atom is 0.342 e. The molecule has 3 aromatic rings. The first-order valence-corrected chi connectivity index (χ1v) is 11.9. The van der Waals surface area contributed by atoms with E-state index in [2.05, 4.69) is 10.0 Å². The molecule has 33 heavy (non-hydrogen) atoms. The smallest absolute Gasteiger partial charge is 0.342 e. The van der Waals surface area contributed by atoms with Crippen molar-refractivity contribution < 1.29 is 37.3 Å². The standard InChI is InChI=1S/C21H18N2O8S2/c24-16-9-14(23-33(27,28)20-2-1-7-32-20)4-5-15(16)21(26)29-11-19(25)22-10-13-3-6-17-18(8-13)31-12-30-17/h1-9,23-24H,10-12H2,(H,22,25). The number of hydrogen-bond acceptors (Lipinski definition) is 9. The van der Waals surface area contributed by atoms with Crippen molar-refractivity contribution in [2.45, 2.75) is 10.8 Å². The fraction of sp³-hybridized carbons (Fsp3) is 0.143. The summed E-state index contributed by atoms with van der Waals surface area (Å²) in [4.78, 5) is 24.2. The number of esters is 1. The molecule has 0 saturated carbocycles. The average Bonchev–Trinajstić information content (AvgIpc) is 3.48. The average molecular weight is 491 g/mol. The van der Waals surface area contributed by atoms with Crippen molar-refractivity contribution in [3.63, 3.8) is 0 Å². The van der Waals surface area contributed by atoms with Crippen LogP contribution in [0.4, 0.5) is 5.69 Å². The third-order valence-corrected chi connectivity index (χ3v) is 7.27. The monoisotopic (exact) mass is 490 g/mol. The largest absolute Gasteiger partial charge is 0.507 e. The SMILES string of the molecule is O=C(COC(=O)c1ccc(NS(=O)(=O)c2cccs2)cc1O)NCc1ccc2c(c1)OCO2. The molecule has 0 atom stereocenters. The molecule has 4 rings (SSSR count). The van der Waals surface area contributed by atoms with E-state index >= 15 is 0 Å². The van der Waals surface area contributed by atoms with Gasteiger partial charge in [0.15, 0.2) is 18.1 Å². The predicted octanol–water partition coefficient (Wildman–Crippen LogP) is 2.46. The van der Waals surface area contributed by atoms with E-state index in [9.17, 15) is 23.1 Å². The Balaban J connectivity index is 1.29. The number of benzene rings is 2. The van der Waals surface area contributed by atoms with Crippen molar-refractivity contribution in [2.24, 2.45) is 0 Å². The van der Waals surface area contributed by atoms with Gasteiger partial charge in [-0.2, -0.15) is 0 Å². The van der Waals surface area contributed by atoms with Gasteiger partial charge in [0.2, 0.25) is 6.79 Å². The molecule has 172 valence electrons. The molecule has 0 unspecified atom stereocenters. The highest BCUT2D eigenvalue weighted by Crippen LogP contribution is 2.32. The lowest BCUT2D eigenvalue weighted by molar-refractivity contribution is -0.124. The lowest BCUT2D eigenvalue weighted by atomic mass is 10.2. The van der Waals surface area contributed by atoms with Crippen molar-refractivity contribution >= 4 is 38.9 Å². The molecule has 2 heterocycles. The highest BCUT2D eigenvalue weighted by molar-refractivity contribution is 7.94. The number of rotatable bonds is 8. The number of carbonyl (C=O) groups excluding carboxylic acids is 2. The van der Waals surface area contributed by atoms with Crippen LogP contribution in [0.5, 0.6) is 17.2 Å². The van der Waals surface area contributed by atoms with Gasteiger partial charge in [0.1, 0.15) is 15.5 Å². The fourth-order valence-electron chi connectivity index (χ4n) is 2.90. The quantitative estimate of drug-likeness (QED) is 0.409. The van der Waals surface area contributed by atoms with Crippen molar-refractivity contribution in [1.29, 1.82) is 0 Å². The third-order valence-electron chi connectivity index (χ3n) is 4.49. The zero-order valence-electron chi connectivity index (χ0n) is 16.9. The Kier molecular flexibility index (Phi) is 6.38. The van der Waals surface area contributed by atoms with E-state index in [1.54, 1.807) is 29.6 Å². The van der Waals surface area contributed by atoms with Crippen LogP contribution in [0.3, 0.4) is 0 Å². The number of phenols is 1. The highest BCUT2D eigenvalue weighted by Gasteiger charge is 2.19. The first-order chi connectivity index (χ1) is 15.8. The number of nitrogens with one attached hydrogen (secondary N) is 2. The molecule has 0 spiro atoms. The Hall–Kier alpha value is -3.77. The second-order valence-electron chi connectivity index (χ2n) is 6.81. The number of anilines is 1. The van der Waals surface area contributed by atoms with Gasteiger partial charge >= 0.3 is 5.97 Å². The minimum atomic E-state index is -3.80. The molecule has 0 bridgehead atoms. The number of fused-ring (bicyclic) bond motifs is 1. The van der Waals surface area contributed by atoms with Crippen molar-refractivity contribution in [2.75, 3.05) is 18.1 Å². The van der Waals surface area contributed by atoms with E-state index in [0.717, 1.165) is 23.0 Å². The number of hydrogen-bond donors (Lipinski definition) is 3. The van der Waals surface area contributed by atoms with Gasteiger partial charge in [-0.3, -0.25) is 9.52 Å². The number of sulfonamides is 1. The summed E-state index contributed by atoms with van der Waals surface area (Å²) in [7, 11) is -3.80. The molecule has 0 radical (unpaired) electrons. The van der Waals surface area contributed by atoms with Crippen molar-refractivity contribution in [3.8, 4) is 17.2 Å². The second-order valence-corrected chi connectivity index (χ2v) is 9.67. The van der Waals surface area contributed by atoms with Gasteiger partial charge in [-0.25, -0.2) is 13.2 Å². The topological polar surface area (TPSA) is 140 Å². The minimum Gasteiger partial charge on any atom is -0.507 e. The number of amides is 1. The third kappa shape index (κ3) is 5.35. The molecule has 3 N–H and O–H groups in total. The molecule has 12 heteroatoms. The molecule has 0 aliphatic carbocycles. The maximum absolute atomic E-state index is 12.3. The summed E-state index contributed by atoms with van der Waals surface area (Å²) in [5, 5.41) is 14.4. The summed E-state index contributed by atoms with van der Waals surface area (Å²) in [6, 6.07) is 11.9. The van der Waals surface area contributed by atoms with Crippen LogP contribution >= 0.6 is 11.3 Å². The van der Waals surface area contributed by atoms with Crippen LogP contribution in [0.2, 0.25) is 0 Å². The van der Waals surface area contributed by atoms with Crippen LogP contribution < -0.4 is 19.5 Å². The van der Waals surface area contributed by atoms with E-state index in [0.29, 0.717) is 11.5 Å². The number of ether oxygens (including phenoxy) is 3. The number of thiophene rings is 1. The Labute approximate surface area is 192 Å². The molecular weight excluding hydrogens is 472 g/mol. The van der Waals surface area contributed by atoms with E-state index in [4.69, 9.17) is 14.2 Å². The summed E-state index contributed by atoms with van der Waals surface area (Å²) in [6.45, 7) is -0.220. The highest BCUT2D eigenvalue weighted by atomic mass is 32.2. The summed E-state index contributed by atoms with van der Waals surface area (Å²) < 4.78 is 42.4. The summed E-state index contributed by atoms with van der Waals surface area (Å²) in [5.41, 5.74) is 0.633. The van der Waals surface area contributed by atoms with Crippen LogP contribution in [0.1, 0.15) is 15.9 Å². The Morgan fingerprint density at radius 3 is 2.67 bits per heavy atom. The van der Waals surface area contributed by atoms with Gasteiger partial charge in [0.05, 0.1) is 5.69 Å². The van der Waals surface area contributed by atoms with E-state index in [-0.39, 0.29) is 28.8 Å². The molecule has 0 fully saturated rings. The number of carbonyl (C=O) groups is 2. The maximum atomic E-state index is 12.3. The Morgan fingerprint density at radius 1 is 1.09 bits per heavy atom. The minimum absolute atomic E-state index is 0.0684. The molecule has 10 nitrogen and oxygen atoms in total. The van der Waals surface area contributed by atoms with Crippen LogP contribution in [0.25, 0.3) is 0 Å². The summed E-state index contributed by atoms with van der Waals surface area (Å²) in [5.74, 6) is -0.750. The fourth-order valence-corrected chi connectivity index (χ4v) is 4.94. The van der Waals surface area contributed by atoms with Crippen LogP contribution in [-0.4, -0.2) is 38.8 Å². The van der Waals surface area contributed by atoms with Crippen LogP contribution in [0, 0.1) is 0 Å². The van der Waals surface area contributed by atoms with Crippen molar-refractivity contribution in [1.82, 2.24) is 5.32 Å². The molecule has 1 aliphatic heterocycles. The Morgan fingerprint density at radius 2 is 1.91 bits per heavy atom. The summed E-state index contributed by atoms with van der Waals surface area (Å²) >= 11 is 1.04. The van der Waals surface area contributed by atoms with Gasteiger partial charge < -0.3 is 24.6 Å². The molecule has 0 saturated heterocycles. The summed E-state index contributed by atoms with van der Waals surface area (Å²) in [6.07, 6.45) is 0. The number of aromatic hydroxyl groups is 1. The normalized spacial score (nSPS) is 12.2. The van der Waals surface area contributed by atoms with Gasteiger partial charge in [-0.15, -0.1) is 11.3 Å². The van der Waals surface area contributed by atoms with E-state index < -0.39 is 34.3 Å². The van der Waals surface area contributed by atoms with Gasteiger partial charge in [-0.05, 0) is 41.3 Å². The molecule has 1 amide bonds. The lowest BCUT2D eigenvalue weighted by Crippen LogP contribution is -2.28. The van der Waals surface area contributed by atoms with Gasteiger partial charge in [0, 0.05) is 12.6 Å². The van der Waals surface area contributed by atoms with E-state index in [1.807, 2.05) is 0 Å². The molecule has 2 aromatic carbocycles. The zero-order valence-corrected chi connectivity index (χ0v) is 18.6. The first kappa shape index (κ1) is 22.4. The molecule has 1 aromatic heterocycles. The van der Waals surface area contributed by atoms with Crippen LogP contribution in [0.15, 0.2) is 58.1 Å². The molecule has 1 aliphatic rings.